The molecule has 0 aliphatic carbocycles. The Morgan fingerprint density at radius 3 is 2.83 bits per heavy atom. The third-order valence-electron chi connectivity index (χ3n) is 3.17. The van der Waals surface area contributed by atoms with Crippen LogP contribution < -0.4 is 0 Å². The van der Waals surface area contributed by atoms with Crippen LogP contribution in [0.25, 0.3) is 11.5 Å². The van der Waals surface area contributed by atoms with E-state index >= 15 is 0 Å². The van der Waals surface area contributed by atoms with Crippen molar-refractivity contribution < 1.29 is 4.39 Å². The van der Waals surface area contributed by atoms with Gasteiger partial charge in [-0.05, 0) is 18.2 Å². The molecule has 7 nitrogen and oxygen atoms in total. The lowest BCUT2D eigenvalue weighted by atomic mass is 10.3. The highest BCUT2D eigenvalue weighted by molar-refractivity contribution is 7.99. The van der Waals surface area contributed by atoms with Gasteiger partial charge in [0.05, 0.1) is 11.9 Å². The van der Waals surface area contributed by atoms with E-state index in [-0.39, 0.29) is 5.03 Å². The van der Waals surface area contributed by atoms with Crippen molar-refractivity contribution in [1.82, 2.24) is 34.7 Å². The van der Waals surface area contributed by atoms with Crippen LogP contribution in [0, 0.1) is 5.82 Å². The molecule has 3 heterocycles. The molecule has 0 unspecified atom stereocenters. The number of hydrogen-bond donors (Lipinski definition) is 0. The van der Waals surface area contributed by atoms with E-state index in [1.165, 1.54) is 6.33 Å². The van der Waals surface area contributed by atoms with Crippen LogP contribution in [0.2, 0.25) is 0 Å². The summed E-state index contributed by atoms with van der Waals surface area (Å²) in [5.74, 6) is 0.106. The molecule has 0 saturated heterocycles. The van der Waals surface area contributed by atoms with E-state index in [4.69, 9.17) is 0 Å². The van der Waals surface area contributed by atoms with E-state index in [0.717, 1.165) is 11.8 Å². The average molecular weight is 343 g/mol. The van der Waals surface area contributed by atoms with E-state index in [2.05, 4.69) is 36.7 Å². The summed E-state index contributed by atoms with van der Waals surface area (Å²) in [5, 5.41) is 8.99. The third-order valence-corrected chi connectivity index (χ3v) is 4.14. The van der Waals surface area contributed by atoms with E-state index in [9.17, 15) is 4.39 Å². The maximum atomic E-state index is 14.4. The fourth-order valence-corrected chi connectivity index (χ4v) is 2.89. The first kappa shape index (κ1) is 16.2. The van der Waals surface area contributed by atoms with Crippen LogP contribution in [-0.2, 0) is 13.0 Å². The number of aromatic nitrogens is 7. The lowest BCUT2D eigenvalue weighted by Gasteiger charge is -2.07. The molecule has 0 saturated carbocycles. The predicted octanol–water partition coefficient (Wildman–Crippen LogP) is 2.56. The third kappa shape index (κ3) is 3.16. The summed E-state index contributed by atoms with van der Waals surface area (Å²) in [6.45, 7) is 6.03. The second-order valence-electron chi connectivity index (χ2n) is 4.69. The maximum Gasteiger partial charge on any atom is 0.198 e. The first-order valence-electron chi connectivity index (χ1n) is 7.22. The van der Waals surface area contributed by atoms with Crippen molar-refractivity contribution >= 4 is 11.8 Å². The monoisotopic (exact) mass is 343 g/mol. The predicted molar refractivity (Wildman–Crippen MR) is 86.7 cm³/mol. The summed E-state index contributed by atoms with van der Waals surface area (Å²) in [6.07, 6.45) is 8.30. The van der Waals surface area contributed by atoms with Gasteiger partial charge in [-0.3, -0.25) is 9.55 Å². The summed E-state index contributed by atoms with van der Waals surface area (Å²) < 4.78 is 16.1. The molecule has 3 rings (SSSR count). The molecule has 0 radical (unpaired) electrons. The zero-order chi connectivity index (χ0) is 16.9. The Bertz CT molecular complexity index is 850. The quantitative estimate of drug-likeness (QED) is 0.502. The van der Waals surface area contributed by atoms with E-state index in [0.29, 0.717) is 35.3 Å². The Labute approximate surface area is 142 Å². The number of aryl methyl sites for hydroxylation is 1. The molecule has 0 bridgehead atoms. The Hall–Kier alpha value is -2.68. The number of rotatable bonds is 6. The first-order chi connectivity index (χ1) is 11.7. The van der Waals surface area contributed by atoms with Gasteiger partial charge in [0.25, 0.3) is 0 Å². The number of allylic oxidation sites excluding steroid dienone is 1. The Kier molecular flexibility index (Phi) is 4.90. The molecule has 0 aliphatic heterocycles. The molecule has 0 atom stereocenters. The van der Waals surface area contributed by atoms with Gasteiger partial charge in [0, 0.05) is 18.9 Å². The SMILES string of the molecule is C=CCn1c(Sc2ncnc(CC)c2F)nnc1-c1cnccn1. The molecule has 0 aromatic carbocycles. The molecule has 9 heteroatoms. The van der Waals surface area contributed by atoms with E-state index < -0.39 is 5.82 Å². The van der Waals surface area contributed by atoms with E-state index in [1.807, 2.05) is 6.92 Å². The standard InChI is InChI=1S/C15H14FN7S/c1-3-7-23-13(11-8-17-5-6-18-11)21-22-15(23)24-14-12(16)10(4-2)19-9-20-14/h3,5-6,8-9H,1,4,7H2,2H3. The van der Waals surface area contributed by atoms with Gasteiger partial charge in [0.15, 0.2) is 16.8 Å². The summed E-state index contributed by atoms with van der Waals surface area (Å²) in [6, 6.07) is 0. The first-order valence-corrected chi connectivity index (χ1v) is 8.04. The van der Waals surface area contributed by atoms with Gasteiger partial charge < -0.3 is 0 Å². The highest BCUT2D eigenvalue weighted by Gasteiger charge is 2.18. The van der Waals surface area contributed by atoms with Crippen LogP contribution in [0.3, 0.4) is 0 Å². The minimum absolute atomic E-state index is 0.213. The molecule has 0 fully saturated rings. The zero-order valence-electron chi connectivity index (χ0n) is 12.9. The molecule has 0 spiro atoms. The van der Waals surface area contributed by atoms with Crippen LogP contribution in [0.5, 0.6) is 0 Å². The van der Waals surface area contributed by atoms with Gasteiger partial charge in [-0.15, -0.1) is 16.8 Å². The molecule has 0 aliphatic rings. The second kappa shape index (κ2) is 7.26. The molecular formula is C15H14FN7S. The van der Waals surface area contributed by atoms with Crippen molar-refractivity contribution in [2.45, 2.75) is 30.1 Å². The minimum atomic E-state index is -0.431. The van der Waals surface area contributed by atoms with Gasteiger partial charge >= 0.3 is 0 Å². The van der Waals surface area contributed by atoms with Gasteiger partial charge in [0.2, 0.25) is 0 Å². The van der Waals surface area contributed by atoms with Crippen LogP contribution in [0.4, 0.5) is 4.39 Å². The maximum absolute atomic E-state index is 14.4. The van der Waals surface area contributed by atoms with Crippen molar-refractivity contribution in [2.75, 3.05) is 0 Å². The molecule has 3 aromatic rings. The van der Waals surface area contributed by atoms with Crippen molar-refractivity contribution in [3.8, 4) is 11.5 Å². The summed E-state index contributed by atoms with van der Waals surface area (Å²) in [4.78, 5) is 16.2. The molecule has 3 aromatic heterocycles. The van der Waals surface area contributed by atoms with Gasteiger partial charge in [-0.1, -0.05) is 13.0 Å². The molecular weight excluding hydrogens is 329 g/mol. The summed E-state index contributed by atoms with van der Waals surface area (Å²) in [5.41, 5.74) is 0.951. The smallest absolute Gasteiger partial charge is 0.198 e. The Morgan fingerprint density at radius 2 is 2.12 bits per heavy atom. The van der Waals surface area contributed by atoms with Crippen molar-refractivity contribution in [3.05, 3.63) is 49.1 Å². The molecule has 122 valence electrons. The second-order valence-corrected chi connectivity index (χ2v) is 5.65. The summed E-state index contributed by atoms with van der Waals surface area (Å²) in [7, 11) is 0. The van der Waals surface area contributed by atoms with Gasteiger partial charge in [0.1, 0.15) is 17.0 Å². The van der Waals surface area contributed by atoms with Gasteiger partial charge in [-0.25, -0.2) is 19.3 Å². The van der Waals surface area contributed by atoms with Crippen LogP contribution in [0.1, 0.15) is 12.6 Å². The fourth-order valence-electron chi connectivity index (χ4n) is 2.05. The highest BCUT2D eigenvalue weighted by atomic mass is 32.2. The lowest BCUT2D eigenvalue weighted by Crippen LogP contribution is -2.03. The number of hydrogen-bond acceptors (Lipinski definition) is 7. The largest absolute Gasteiger partial charge is 0.296 e. The molecule has 0 amide bonds. The fraction of sp³-hybridized carbons (Fsp3) is 0.200. The van der Waals surface area contributed by atoms with Crippen molar-refractivity contribution in [3.63, 3.8) is 0 Å². The van der Waals surface area contributed by atoms with Crippen LogP contribution >= 0.6 is 11.8 Å². The molecule has 0 N–H and O–H groups in total. The van der Waals surface area contributed by atoms with Gasteiger partial charge in [-0.2, -0.15) is 0 Å². The minimum Gasteiger partial charge on any atom is -0.296 e. The highest BCUT2D eigenvalue weighted by Crippen LogP contribution is 2.29. The van der Waals surface area contributed by atoms with E-state index in [1.54, 1.807) is 29.2 Å². The number of nitrogens with zero attached hydrogens (tertiary/aromatic N) is 7. The molecule has 24 heavy (non-hydrogen) atoms. The summed E-state index contributed by atoms with van der Waals surface area (Å²) >= 11 is 1.09. The topological polar surface area (TPSA) is 82.3 Å². The Morgan fingerprint density at radius 1 is 1.25 bits per heavy atom. The normalized spacial score (nSPS) is 10.8. The lowest BCUT2D eigenvalue weighted by molar-refractivity contribution is 0.558. The zero-order valence-corrected chi connectivity index (χ0v) is 13.7. The Balaban J connectivity index is 2.00. The van der Waals surface area contributed by atoms with Crippen LogP contribution in [-0.4, -0.2) is 34.7 Å². The van der Waals surface area contributed by atoms with Crippen molar-refractivity contribution in [2.24, 2.45) is 0 Å². The average Bonchev–Trinajstić information content (AvgIpc) is 3.00. The number of halogens is 1. The van der Waals surface area contributed by atoms with Crippen LogP contribution in [0.15, 0.2) is 47.8 Å². The van der Waals surface area contributed by atoms with Crippen molar-refractivity contribution in [1.29, 1.82) is 0 Å².